The van der Waals surface area contributed by atoms with Gasteiger partial charge in [-0.3, -0.25) is 9.59 Å². The van der Waals surface area contributed by atoms with Crippen LogP contribution >= 0.6 is 23.2 Å². The average Bonchev–Trinajstić information content (AvgIpc) is 2.57. The number of amides is 1. The van der Waals surface area contributed by atoms with E-state index in [2.05, 4.69) is 12.2 Å². The number of unbranched alkanes of at least 4 members (excludes halogenated alkanes) is 13. The molecule has 0 unspecified atom stereocenters. The lowest BCUT2D eigenvalue weighted by atomic mass is 10.0. The van der Waals surface area contributed by atoms with Crippen molar-refractivity contribution in [1.29, 1.82) is 0 Å². The molecule has 0 saturated heterocycles. The van der Waals surface area contributed by atoms with Gasteiger partial charge >= 0.3 is 0 Å². The molecule has 0 saturated carbocycles. The van der Waals surface area contributed by atoms with Crippen LogP contribution in [0.2, 0.25) is 0 Å². The zero-order chi connectivity index (χ0) is 19.5. The SMILES string of the molecule is CCCCCCCCCCCCCCCCNC(=O)CC(=O)C=C(Cl)Cl. The quantitative estimate of drug-likeness (QED) is 0.153. The summed E-state index contributed by atoms with van der Waals surface area (Å²) in [4.78, 5) is 22.8. The lowest BCUT2D eigenvalue weighted by Gasteiger charge is -2.05. The van der Waals surface area contributed by atoms with Crippen molar-refractivity contribution in [3.05, 3.63) is 10.6 Å². The van der Waals surface area contributed by atoms with Crippen molar-refractivity contribution >= 4 is 34.9 Å². The van der Waals surface area contributed by atoms with Crippen LogP contribution in [0.3, 0.4) is 0 Å². The smallest absolute Gasteiger partial charge is 0.227 e. The number of carbonyl (C=O) groups is 2. The molecule has 5 heteroatoms. The van der Waals surface area contributed by atoms with E-state index >= 15 is 0 Å². The zero-order valence-electron chi connectivity index (χ0n) is 16.5. The van der Waals surface area contributed by atoms with Crippen LogP contribution in [0, 0.1) is 0 Å². The second-order valence-electron chi connectivity index (χ2n) is 7.02. The number of nitrogens with one attached hydrogen (secondary N) is 1. The Hall–Kier alpha value is -0.540. The summed E-state index contributed by atoms with van der Waals surface area (Å²) in [5, 5.41) is 2.75. The van der Waals surface area contributed by atoms with Crippen molar-refractivity contribution in [2.45, 2.75) is 103 Å². The Labute approximate surface area is 170 Å². The van der Waals surface area contributed by atoms with Crippen molar-refractivity contribution in [2.75, 3.05) is 6.54 Å². The summed E-state index contributed by atoms with van der Waals surface area (Å²) in [7, 11) is 0. The third-order valence-electron chi connectivity index (χ3n) is 4.46. The van der Waals surface area contributed by atoms with E-state index in [1.54, 1.807) is 0 Å². The van der Waals surface area contributed by atoms with Gasteiger partial charge in [-0.2, -0.15) is 0 Å². The summed E-state index contributed by atoms with van der Waals surface area (Å²) >= 11 is 10.8. The van der Waals surface area contributed by atoms with Gasteiger partial charge in [0.15, 0.2) is 5.78 Å². The molecule has 0 aliphatic rings. The highest BCUT2D eigenvalue weighted by molar-refractivity contribution is 6.56. The summed E-state index contributed by atoms with van der Waals surface area (Å²) < 4.78 is -0.116. The molecule has 0 fully saturated rings. The van der Waals surface area contributed by atoms with Crippen LogP contribution in [-0.4, -0.2) is 18.2 Å². The molecule has 26 heavy (non-hydrogen) atoms. The summed E-state index contributed by atoms with van der Waals surface area (Å²) in [5.41, 5.74) is 0. The molecular formula is C21H37Cl2NO2. The first-order valence-electron chi connectivity index (χ1n) is 10.4. The van der Waals surface area contributed by atoms with Crippen LogP contribution in [0.25, 0.3) is 0 Å². The third-order valence-corrected chi connectivity index (χ3v) is 4.68. The number of ketones is 1. The molecule has 0 atom stereocenters. The van der Waals surface area contributed by atoms with Gasteiger partial charge in [-0.1, -0.05) is 114 Å². The van der Waals surface area contributed by atoms with E-state index in [0.29, 0.717) is 6.54 Å². The fraction of sp³-hybridized carbons (Fsp3) is 0.810. The number of allylic oxidation sites excluding steroid dienone is 1. The molecule has 0 radical (unpaired) electrons. The summed E-state index contributed by atoms with van der Waals surface area (Å²) in [5.74, 6) is -0.640. The predicted molar refractivity (Wildman–Crippen MR) is 113 cm³/mol. The third kappa shape index (κ3) is 19.8. The number of hydrogen-bond donors (Lipinski definition) is 1. The summed E-state index contributed by atoms with van der Waals surface area (Å²) in [6, 6.07) is 0. The summed E-state index contributed by atoms with van der Waals surface area (Å²) in [6.07, 6.45) is 19.2. The Kier molecular flexibility index (Phi) is 18.8. The van der Waals surface area contributed by atoms with Crippen LogP contribution in [0.4, 0.5) is 0 Å². The fourth-order valence-corrected chi connectivity index (χ4v) is 3.18. The van der Waals surface area contributed by atoms with Gasteiger partial charge in [-0.05, 0) is 6.42 Å². The molecule has 0 heterocycles. The lowest BCUT2D eigenvalue weighted by molar-refractivity contribution is -0.126. The van der Waals surface area contributed by atoms with Gasteiger partial charge in [-0.15, -0.1) is 0 Å². The Morgan fingerprint density at radius 1 is 0.731 bits per heavy atom. The first kappa shape index (κ1) is 25.5. The monoisotopic (exact) mass is 405 g/mol. The highest BCUT2D eigenvalue weighted by atomic mass is 35.5. The highest BCUT2D eigenvalue weighted by Gasteiger charge is 2.06. The Bertz CT molecular complexity index is 393. The molecule has 0 spiro atoms. The van der Waals surface area contributed by atoms with Gasteiger partial charge in [-0.25, -0.2) is 0 Å². The van der Waals surface area contributed by atoms with E-state index in [1.165, 1.54) is 77.0 Å². The molecule has 0 aliphatic carbocycles. The Morgan fingerprint density at radius 3 is 1.58 bits per heavy atom. The maximum atomic E-state index is 11.5. The Morgan fingerprint density at radius 2 is 1.15 bits per heavy atom. The van der Waals surface area contributed by atoms with E-state index in [4.69, 9.17) is 23.2 Å². The minimum atomic E-state index is -0.372. The Balaban J connectivity index is 3.25. The second-order valence-corrected chi connectivity index (χ2v) is 8.03. The first-order chi connectivity index (χ1) is 12.6. The average molecular weight is 406 g/mol. The number of carbonyl (C=O) groups excluding carboxylic acids is 2. The van der Waals surface area contributed by atoms with E-state index < -0.39 is 0 Å². The van der Waals surface area contributed by atoms with Crippen molar-refractivity contribution in [1.82, 2.24) is 5.32 Å². The van der Waals surface area contributed by atoms with Gasteiger partial charge in [0.2, 0.25) is 5.91 Å². The van der Waals surface area contributed by atoms with Crippen molar-refractivity contribution in [3.8, 4) is 0 Å². The molecule has 0 rings (SSSR count). The number of hydrogen-bond acceptors (Lipinski definition) is 2. The molecule has 0 aromatic heterocycles. The van der Waals surface area contributed by atoms with Crippen LogP contribution in [-0.2, 0) is 9.59 Å². The second kappa shape index (κ2) is 19.2. The highest BCUT2D eigenvalue weighted by Crippen LogP contribution is 2.12. The standard InChI is InChI=1S/C21H37Cl2NO2/c1-2-3-4-5-6-7-8-9-10-11-12-13-14-15-16-24-21(26)18-19(25)17-20(22)23/h17H,2-16,18H2,1H3,(H,24,26). The van der Waals surface area contributed by atoms with E-state index in [9.17, 15) is 9.59 Å². The van der Waals surface area contributed by atoms with E-state index in [1.807, 2.05) is 0 Å². The molecular weight excluding hydrogens is 369 g/mol. The van der Waals surface area contributed by atoms with Gasteiger partial charge < -0.3 is 5.32 Å². The molecule has 152 valence electrons. The maximum absolute atomic E-state index is 11.5. The van der Waals surface area contributed by atoms with Gasteiger partial charge in [0.25, 0.3) is 0 Å². The largest absolute Gasteiger partial charge is 0.356 e. The first-order valence-corrected chi connectivity index (χ1v) is 11.1. The molecule has 0 aromatic rings. The van der Waals surface area contributed by atoms with Crippen molar-refractivity contribution in [3.63, 3.8) is 0 Å². The lowest BCUT2D eigenvalue weighted by Crippen LogP contribution is -2.26. The minimum absolute atomic E-state index is 0.116. The number of rotatable bonds is 18. The minimum Gasteiger partial charge on any atom is -0.356 e. The zero-order valence-corrected chi connectivity index (χ0v) is 18.0. The molecule has 0 aliphatic heterocycles. The molecule has 0 aromatic carbocycles. The normalized spacial score (nSPS) is 10.6. The van der Waals surface area contributed by atoms with E-state index in [-0.39, 0.29) is 22.6 Å². The van der Waals surface area contributed by atoms with Gasteiger partial charge in [0.1, 0.15) is 4.49 Å². The van der Waals surface area contributed by atoms with Crippen LogP contribution in [0.15, 0.2) is 10.6 Å². The molecule has 0 bridgehead atoms. The van der Waals surface area contributed by atoms with E-state index in [0.717, 1.165) is 18.9 Å². The molecule has 1 amide bonds. The van der Waals surface area contributed by atoms with Crippen molar-refractivity contribution < 1.29 is 9.59 Å². The van der Waals surface area contributed by atoms with Gasteiger partial charge in [0, 0.05) is 12.6 Å². The van der Waals surface area contributed by atoms with Crippen LogP contribution in [0.5, 0.6) is 0 Å². The van der Waals surface area contributed by atoms with Crippen LogP contribution < -0.4 is 5.32 Å². The van der Waals surface area contributed by atoms with Crippen LogP contribution in [0.1, 0.15) is 103 Å². The summed E-state index contributed by atoms with van der Waals surface area (Å²) in [6.45, 7) is 2.89. The molecule has 3 nitrogen and oxygen atoms in total. The fourth-order valence-electron chi connectivity index (χ4n) is 2.94. The van der Waals surface area contributed by atoms with Crippen molar-refractivity contribution in [2.24, 2.45) is 0 Å². The maximum Gasteiger partial charge on any atom is 0.227 e. The number of halogens is 2. The molecule has 1 N–H and O–H groups in total. The topological polar surface area (TPSA) is 46.2 Å². The predicted octanol–water partition coefficient (Wildman–Crippen LogP) is 6.86. The van der Waals surface area contributed by atoms with Gasteiger partial charge in [0.05, 0.1) is 6.42 Å².